The van der Waals surface area contributed by atoms with E-state index in [2.05, 4.69) is 40.0 Å². The van der Waals surface area contributed by atoms with Crippen LogP contribution in [0.15, 0.2) is 30.7 Å². The van der Waals surface area contributed by atoms with Gasteiger partial charge in [0.1, 0.15) is 17.3 Å². The minimum atomic E-state index is -0.452. The first-order chi connectivity index (χ1) is 15.2. The van der Waals surface area contributed by atoms with E-state index in [1.807, 2.05) is 25.3 Å². The maximum Gasteiger partial charge on any atom is 0.229 e. The fraction of sp³-hybridized carbons (Fsp3) is 0.455. The van der Waals surface area contributed by atoms with E-state index in [9.17, 15) is 4.39 Å². The van der Waals surface area contributed by atoms with Crippen LogP contribution in [0.5, 0.6) is 0 Å². The Balaban J connectivity index is 1.38. The Morgan fingerprint density at radius 3 is 2.58 bits per heavy atom. The molecule has 2 N–H and O–H groups in total. The average Bonchev–Trinajstić information content (AvgIpc) is 3.46. The summed E-state index contributed by atoms with van der Waals surface area (Å²) < 4.78 is 16.8. The predicted octanol–water partition coefficient (Wildman–Crippen LogP) is 3.45. The van der Waals surface area contributed by atoms with Crippen molar-refractivity contribution in [1.29, 1.82) is 0 Å². The van der Waals surface area contributed by atoms with Crippen molar-refractivity contribution in [2.75, 3.05) is 36.4 Å². The standard InChI is InChI=1S/C22H27FN8/c1-15-25-14-19(31(15)16-4-2-3-5-16)21-18(23)13-27-22(29-21)28-20-7-6-17(12-26-20)30-10-8-24-9-11-30/h6-7,12-14,16,24H,2-5,8-11H2,1H3,(H,26,27,28,29). The molecule has 1 saturated heterocycles. The second-order valence-corrected chi connectivity index (χ2v) is 8.15. The average molecular weight is 423 g/mol. The molecule has 162 valence electrons. The van der Waals surface area contributed by atoms with E-state index in [4.69, 9.17) is 0 Å². The molecule has 3 aromatic heterocycles. The molecule has 0 unspecified atom stereocenters. The Morgan fingerprint density at radius 1 is 1.03 bits per heavy atom. The van der Waals surface area contributed by atoms with Crippen molar-refractivity contribution in [1.82, 2.24) is 29.8 Å². The number of halogens is 1. The molecule has 0 spiro atoms. The number of pyridine rings is 1. The molecule has 3 aromatic rings. The maximum atomic E-state index is 14.7. The van der Waals surface area contributed by atoms with Crippen LogP contribution in [0, 0.1) is 12.7 Å². The first-order valence-corrected chi connectivity index (χ1v) is 10.9. The number of piperazine rings is 1. The second-order valence-electron chi connectivity index (χ2n) is 8.15. The van der Waals surface area contributed by atoms with Gasteiger partial charge in [0.25, 0.3) is 0 Å². The van der Waals surface area contributed by atoms with E-state index in [0.717, 1.165) is 50.5 Å². The van der Waals surface area contributed by atoms with Gasteiger partial charge in [0.05, 0.1) is 30.0 Å². The smallest absolute Gasteiger partial charge is 0.229 e. The molecule has 0 bridgehead atoms. The van der Waals surface area contributed by atoms with E-state index < -0.39 is 5.82 Å². The Labute approximate surface area is 181 Å². The number of aromatic nitrogens is 5. The highest BCUT2D eigenvalue weighted by atomic mass is 19.1. The molecule has 2 fully saturated rings. The molecule has 0 atom stereocenters. The molecule has 0 amide bonds. The van der Waals surface area contributed by atoms with Crippen LogP contribution in [0.25, 0.3) is 11.4 Å². The number of aryl methyl sites for hydroxylation is 1. The fourth-order valence-electron chi connectivity index (χ4n) is 4.54. The predicted molar refractivity (Wildman–Crippen MR) is 118 cm³/mol. The van der Waals surface area contributed by atoms with Gasteiger partial charge in [-0.2, -0.15) is 0 Å². The van der Waals surface area contributed by atoms with E-state index >= 15 is 0 Å². The van der Waals surface area contributed by atoms with Crippen molar-refractivity contribution >= 4 is 17.5 Å². The summed E-state index contributed by atoms with van der Waals surface area (Å²) in [6.45, 7) is 5.84. The molecule has 5 rings (SSSR count). The molecule has 1 aliphatic heterocycles. The monoisotopic (exact) mass is 422 g/mol. The van der Waals surface area contributed by atoms with Crippen LogP contribution in [0.3, 0.4) is 0 Å². The van der Waals surface area contributed by atoms with Crippen LogP contribution in [0.1, 0.15) is 37.5 Å². The van der Waals surface area contributed by atoms with Crippen LogP contribution in [0.2, 0.25) is 0 Å². The lowest BCUT2D eigenvalue weighted by Gasteiger charge is -2.29. The van der Waals surface area contributed by atoms with Gasteiger partial charge >= 0.3 is 0 Å². The van der Waals surface area contributed by atoms with Crippen molar-refractivity contribution in [3.63, 3.8) is 0 Å². The van der Waals surface area contributed by atoms with Gasteiger partial charge in [-0.15, -0.1) is 0 Å². The summed E-state index contributed by atoms with van der Waals surface area (Å²) in [7, 11) is 0. The Bertz CT molecular complexity index is 1040. The molecule has 8 nitrogen and oxygen atoms in total. The summed E-state index contributed by atoms with van der Waals surface area (Å²) in [5.41, 5.74) is 2.06. The summed E-state index contributed by atoms with van der Waals surface area (Å²) >= 11 is 0. The maximum absolute atomic E-state index is 14.7. The van der Waals surface area contributed by atoms with Crippen LogP contribution in [0.4, 0.5) is 21.8 Å². The molecule has 9 heteroatoms. The molecule has 31 heavy (non-hydrogen) atoms. The van der Waals surface area contributed by atoms with Gasteiger partial charge in [-0.25, -0.2) is 24.3 Å². The molecular formula is C22H27FN8. The summed E-state index contributed by atoms with van der Waals surface area (Å²) in [5.74, 6) is 1.37. The highest BCUT2D eigenvalue weighted by molar-refractivity contribution is 5.59. The van der Waals surface area contributed by atoms with Crippen LogP contribution >= 0.6 is 0 Å². The molecular weight excluding hydrogens is 395 g/mol. The van der Waals surface area contributed by atoms with Crippen LogP contribution < -0.4 is 15.5 Å². The molecule has 4 heterocycles. The quantitative estimate of drug-likeness (QED) is 0.651. The van der Waals surface area contributed by atoms with Crippen molar-refractivity contribution in [3.05, 3.63) is 42.4 Å². The van der Waals surface area contributed by atoms with Gasteiger partial charge < -0.3 is 20.1 Å². The van der Waals surface area contributed by atoms with E-state index in [0.29, 0.717) is 23.5 Å². The number of nitrogens with zero attached hydrogens (tertiary/aromatic N) is 6. The lowest BCUT2D eigenvalue weighted by Crippen LogP contribution is -2.43. The van der Waals surface area contributed by atoms with Crippen LogP contribution in [-0.2, 0) is 0 Å². The van der Waals surface area contributed by atoms with Crippen molar-refractivity contribution in [3.8, 4) is 11.4 Å². The second kappa shape index (κ2) is 8.58. The highest BCUT2D eigenvalue weighted by Gasteiger charge is 2.24. The lowest BCUT2D eigenvalue weighted by molar-refractivity contribution is 0.508. The zero-order chi connectivity index (χ0) is 21.2. The van der Waals surface area contributed by atoms with Gasteiger partial charge in [-0.05, 0) is 31.9 Å². The Morgan fingerprint density at radius 2 is 1.84 bits per heavy atom. The first-order valence-electron chi connectivity index (χ1n) is 10.9. The van der Waals surface area contributed by atoms with Crippen molar-refractivity contribution in [2.24, 2.45) is 0 Å². The molecule has 1 aliphatic carbocycles. The van der Waals surface area contributed by atoms with E-state index in [-0.39, 0.29) is 5.69 Å². The lowest BCUT2D eigenvalue weighted by atomic mass is 10.2. The number of hydrogen-bond donors (Lipinski definition) is 2. The van der Waals surface area contributed by atoms with E-state index in [1.165, 1.54) is 19.0 Å². The zero-order valence-corrected chi connectivity index (χ0v) is 17.7. The van der Waals surface area contributed by atoms with E-state index in [1.54, 1.807) is 6.20 Å². The molecule has 2 aliphatic rings. The topological polar surface area (TPSA) is 83.8 Å². The first kappa shape index (κ1) is 19.9. The summed E-state index contributed by atoms with van der Waals surface area (Å²) in [4.78, 5) is 19.8. The zero-order valence-electron chi connectivity index (χ0n) is 17.7. The molecule has 0 radical (unpaired) electrons. The van der Waals surface area contributed by atoms with Gasteiger partial charge in [-0.3, -0.25) is 0 Å². The molecule has 1 saturated carbocycles. The Kier molecular flexibility index (Phi) is 5.50. The third kappa shape index (κ3) is 4.10. The van der Waals surface area contributed by atoms with Gasteiger partial charge in [0.15, 0.2) is 5.82 Å². The number of nitrogens with one attached hydrogen (secondary N) is 2. The minimum absolute atomic E-state index is 0.266. The van der Waals surface area contributed by atoms with Gasteiger partial charge in [0, 0.05) is 32.2 Å². The molecule has 0 aromatic carbocycles. The normalized spacial score (nSPS) is 17.3. The van der Waals surface area contributed by atoms with Crippen molar-refractivity contribution < 1.29 is 4.39 Å². The van der Waals surface area contributed by atoms with Crippen LogP contribution in [-0.4, -0.2) is 50.7 Å². The summed E-state index contributed by atoms with van der Waals surface area (Å²) in [5, 5.41) is 6.45. The Hall–Kier alpha value is -3.07. The number of imidazole rings is 1. The summed E-state index contributed by atoms with van der Waals surface area (Å²) in [6.07, 6.45) is 9.32. The summed E-state index contributed by atoms with van der Waals surface area (Å²) in [6, 6.07) is 4.28. The highest BCUT2D eigenvalue weighted by Crippen LogP contribution is 2.35. The minimum Gasteiger partial charge on any atom is -0.368 e. The van der Waals surface area contributed by atoms with Gasteiger partial charge in [0.2, 0.25) is 5.95 Å². The number of hydrogen-bond acceptors (Lipinski definition) is 7. The van der Waals surface area contributed by atoms with Crippen molar-refractivity contribution in [2.45, 2.75) is 38.6 Å². The number of anilines is 3. The third-order valence-electron chi connectivity index (χ3n) is 6.13. The third-order valence-corrected chi connectivity index (χ3v) is 6.13. The largest absolute Gasteiger partial charge is 0.368 e. The van der Waals surface area contributed by atoms with Gasteiger partial charge in [-0.1, -0.05) is 12.8 Å². The SMILES string of the molecule is Cc1ncc(-c2nc(Nc3ccc(N4CCNCC4)cn3)ncc2F)n1C1CCCC1. The fourth-order valence-corrected chi connectivity index (χ4v) is 4.54. The number of rotatable bonds is 5.